The second-order valence-corrected chi connectivity index (χ2v) is 8.86. The first kappa shape index (κ1) is 18.2. The lowest BCUT2D eigenvalue weighted by Gasteiger charge is -2.34. The fourth-order valence-corrected chi connectivity index (χ4v) is 5.02. The van der Waals surface area contributed by atoms with Crippen LogP contribution in [-0.2, 0) is 16.6 Å². The van der Waals surface area contributed by atoms with E-state index >= 15 is 0 Å². The summed E-state index contributed by atoms with van der Waals surface area (Å²) in [4.78, 5) is 6.93. The SMILES string of the molecule is Cc1nccn1CCN1CCN(S(=O)(=O)c2ccc3ccccc3c2)CC1. The molecule has 0 bridgehead atoms. The summed E-state index contributed by atoms with van der Waals surface area (Å²) < 4.78 is 29.8. The Balaban J connectivity index is 1.41. The van der Waals surface area contributed by atoms with E-state index < -0.39 is 10.0 Å². The summed E-state index contributed by atoms with van der Waals surface area (Å²) in [6.45, 7) is 6.33. The van der Waals surface area contributed by atoms with Gasteiger partial charge in [0.2, 0.25) is 10.0 Å². The molecule has 2 aromatic carbocycles. The number of hydrogen-bond acceptors (Lipinski definition) is 4. The zero-order valence-corrected chi connectivity index (χ0v) is 16.3. The van der Waals surface area contributed by atoms with Crippen molar-refractivity contribution in [1.82, 2.24) is 18.8 Å². The van der Waals surface area contributed by atoms with Gasteiger partial charge in [-0.2, -0.15) is 4.31 Å². The Morgan fingerprint density at radius 2 is 1.70 bits per heavy atom. The molecule has 0 spiro atoms. The first-order valence-corrected chi connectivity index (χ1v) is 10.7. The second kappa shape index (κ2) is 7.42. The smallest absolute Gasteiger partial charge is 0.243 e. The average molecular weight is 385 g/mol. The molecule has 1 aromatic heterocycles. The van der Waals surface area contributed by atoms with Crippen LogP contribution in [0.25, 0.3) is 10.8 Å². The van der Waals surface area contributed by atoms with Crippen molar-refractivity contribution in [2.45, 2.75) is 18.4 Å². The maximum absolute atomic E-state index is 13.0. The minimum atomic E-state index is -3.45. The van der Waals surface area contributed by atoms with Gasteiger partial charge in [0.25, 0.3) is 0 Å². The molecule has 0 saturated carbocycles. The van der Waals surface area contributed by atoms with Crippen LogP contribution in [0.1, 0.15) is 5.82 Å². The van der Waals surface area contributed by atoms with Crippen LogP contribution in [0.2, 0.25) is 0 Å². The van der Waals surface area contributed by atoms with Gasteiger partial charge in [-0.15, -0.1) is 0 Å². The molecule has 0 aliphatic carbocycles. The standard InChI is InChI=1S/C20H24N4O2S/c1-17-21-8-9-23(17)13-10-22-11-14-24(15-12-22)27(25,26)20-7-6-18-4-2-3-5-19(18)16-20/h2-9,16H,10-15H2,1H3. The van der Waals surface area contributed by atoms with Crippen molar-refractivity contribution in [2.75, 3.05) is 32.7 Å². The average Bonchev–Trinajstić information content (AvgIpc) is 3.11. The number of rotatable bonds is 5. The molecule has 142 valence electrons. The summed E-state index contributed by atoms with van der Waals surface area (Å²) in [5, 5.41) is 2.00. The van der Waals surface area contributed by atoms with Gasteiger partial charge >= 0.3 is 0 Å². The third kappa shape index (κ3) is 3.76. The molecule has 1 aliphatic rings. The predicted octanol–water partition coefficient (Wildman–Crippen LogP) is 2.35. The van der Waals surface area contributed by atoms with Gasteiger partial charge in [-0.05, 0) is 29.8 Å². The lowest BCUT2D eigenvalue weighted by molar-refractivity contribution is 0.182. The predicted molar refractivity (Wildman–Crippen MR) is 106 cm³/mol. The second-order valence-electron chi connectivity index (χ2n) is 6.92. The van der Waals surface area contributed by atoms with Crippen molar-refractivity contribution >= 4 is 20.8 Å². The number of aryl methyl sites for hydroxylation is 1. The van der Waals surface area contributed by atoms with Gasteiger partial charge in [0.15, 0.2) is 0 Å². The van der Waals surface area contributed by atoms with Gasteiger partial charge in [0.1, 0.15) is 5.82 Å². The molecule has 0 N–H and O–H groups in total. The number of sulfonamides is 1. The molecule has 0 radical (unpaired) electrons. The van der Waals surface area contributed by atoms with Crippen LogP contribution >= 0.6 is 0 Å². The summed E-state index contributed by atoms with van der Waals surface area (Å²) in [6.07, 6.45) is 3.79. The molecule has 2 heterocycles. The maximum Gasteiger partial charge on any atom is 0.243 e. The highest BCUT2D eigenvalue weighted by Gasteiger charge is 2.28. The summed E-state index contributed by atoms with van der Waals surface area (Å²) in [5.74, 6) is 1.01. The molecule has 0 atom stereocenters. The lowest BCUT2D eigenvalue weighted by atomic mass is 10.1. The number of imidazole rings is 1. The Morgan fingerprint density at radius 1 is 0.963 bits per heavy atom. The molecular formula is C20H24N4O2S. The number of fused-ring (bicyclic) bond motifs is 1. The van der Waals surface area contributed by atoms with Crippen molar-refractivity contribution in [3.05, 3.63) is 60.7 Å². The van der Waals surface area contributed by atoms with Crippen LogP contribution < -0.4 is 0 Å². The highest BCUT2D eigenvalue weighted by Crippen LogP contribution is 2.22. The van der Waals surface area contributed by atoms with Crippen molar-refractivity contribution in [2.24, 2.45) is 0 Å². The van der Waals surface area contributed by atoms with Gasteiger partial charge in [-0.25, -0.2) is 13.4 Å². The monoisotopic (exact) mass is 384 g/mol. The molecule has 1 saturated heterocycles. The van der Waals surface area contributed by atoms with E-state index in [9.17, 15) is 8.42 Å². The lowest BCUT2D eigenvalue weighted by Crippen LogP contribution is -2.49. The molecule has 1 fully saturated rings. The van der Waals surface area contributed by atoms with Crippen LogP contribution in [0, 0.1) is 6.92 Å². The van der Waals surface area contributed by atoms with E-state index in [0.29, 0.717) is 18.0 Å². The summed E-state index contributed by atoms with van der Waals surface area (Å²) in [6, 6.07) is 13.2. The minimum absolute atomic E-state index is 0.378. The number of hydrogen-bond donors (Lipinski definition) is 0. The Labute approximate surface area is 160 Å². The van der Waals surface area contributed by atoms with E-state index in [1.165, 1.54) is 0 Å². The van der Waals surface area contributed by atoms with Gasteiger partial charge in [-0.3, -0.25) is 4.90 Å². The van der Waals surface area contributed by atoms with E-state index in [-0.39, 0.29) is 0 Å². The van der Waals surface area contributed by atoms with Crippen LogP contribution in [0.4, 0.5) is 0 Å². The van der Waals surface area contributed by atoms with E-state index in [0.717, 1.165) is 42.8 Å². The highest BCUT2D eigenvalue weighted by molar-refractivity contribution is 7.89. The fraction of sp³-hybridized carbons (Fsp3) is 0.350. The van der Waals surface area contributed by atoms with Crippen LogP contribution in [0.15, 0.2) is 59.8 Å². The van der Waals surface area contributed by atoms with Gasteiger partial charge in [-0.1, -0.05) is 30.3 Å². The molecule has 6 nitrogen and oxygen atoms in total. The van der Waals surface area contributed by atoms with E-state index in [1.807, 2.05) is 49.6 Å². The number of benzene rings is 2. The first-order valence-electron chi connectivity index (χ1n) is 9.23. The first-order chi connectivity index (χ1) is 13.0. The van der Waals surface area contributed by atoms with Crippen molar-refractivity contribution in [3.8, 4) is 0 Å². The van der Waals surface area contributed by atoms with Crippen molar-refractivity contribution in [1.29, 1.82) is 0 Å². The molecular weight excluding hydrogens is 360 g/mol. The van der Waals surface area contributed by atoms with Crippen LogP contribution in [0.3, 0.4) is 0 Å². The number of aromatic nitrogens is 2. The molecule has 27 heavy (non-hydrogen) atoms. The van der Waals surface area contributed by atoms with Crippen LogP contribution in [0.5, 0.6) is 0 Å². The molecule has 3 aromatic rings. The normalized spacial score (nSPS) is 16.8. The minimum Gasteiger partial charge on any atom is -0.334 e. The van der Waals surface area contributed by atoms with Gasteiger partial charge in [0, 0.05) is 51.7 Å². The Kier molecular flexibility index (Phi) is 4.99. The molecule has 0 amide bonds. The molecule has 0 unspecified atom stereocenters. The third-order valence-electron chi connectivity index (χ3n) is 5.27. The fourth-order valence-electron chi connectivity index (χ4n) is 3.56. The third-order valence-corrected chi connectivity index (χ3v) is 7.17. The van der Waals surface area contributed by atoms with Crippen molar-refractivity contribution in [3.63, 3.8) is 0 Å². The highest BCUT2D eigenvalue weighted by atomic mass is 32.2. The quantitative estimate of drug-likeness (QED) is 0.678. The Bertz CT molecular complexity index is 1040. The molecule has 4 rings (SSSR count). The van der Waals surface area contributed by atoms with Gasteiger partial charge < -0.3 is 4.57 Å². The summed E-state index contributed by atoms with van der Waals surface area (Å²) in [7, 11) is -3.45. The number of nitrogens with zero attached hydrogens (tertiary/aromatic N) is 4. The van der Waals surface area contributed by atoms with Gasteiger partial charge in [0.05, 0.1) is 4.90 Å². The molecule has 7 heteroatoms. The zero-order valence-electron chi connectivity index (χ0n) is 15.5. The van der Waals surface area contributed by atoms with Crippen molar-refractivity contribution < 1.29 is 8.42 Å². The van der Waals surface area contributed by atoms with Crippen LogP contribution in [-0.4, -0.2) is 59.9 Å². The Hall–Kier alpha value is -2.22. The largest absolute Gasteiger partial charge is 0.334 e. The molecule has 1 aliphatic heterocycles. The summed E-state index contributed by atoms with van der Waals surface area (Å²) in [5.41, 5.74) is 0. The maximum atomic E-state index is 13.0. The topological polar surface area (TPSA) is 58.4 Å². The van der Waals surface area contributed by atoms with E-state index in [2.05, 4.69) is 14.5 Å². The van der Waals surface area contributed by atoms with E-state index in [1.54, 1.807) is 16.4 Å². The number of piperazine rings is 1. The van der Waals surface area contributed by atoms with E-state index in [4.69, 9.17) is 0 Å². The Morgan fingerprint density at radius 3 is 2.41 bits per heavy atom. The summed E-state index contributed by atoms with van der Waals surface area (Å²) >= 11 is 0. The zero-order chi connectivity index (χ0) is 18.9.